The van der Waals surface area contributed by atoms with E-state index < -0.39 is 0 Å². The minimum atomic E-state index is -0.0258. The molecule has 14 heavy (non-hydrogen) atoms. The van der Waals surface area contributed by atoms with Crippen molar-refractivity contribution < 1.29 is 0 Å². The lowest BCUT2D eigenvalue weighted by molar-refractivity contribution is 1.04. The van der Waals surface area contributed by atoms with Gasteiger partial charge in [0.1, 0.15) is 11.5 Å². The second-order valence-electron chi connectivity index (χ2n) is 2.79. The van der Waals surface area contributed by atoms with Gasteiger partial charge in [-0.2, -0.15) is 0 Å². The Morgan fingerprint density at radius 3 is 2.79 bits per heavy atom. The summed E-state index contributed by atoms with van der Waals surface area (Å²) in [5, 5.41) is 7.18. The van der Waals surface area contributed by atoms with Gasteiger partial charge in [-0.05, 0) is 12.1 Å². The van der Waals surface area contributed by atoms with Gasteiger partial charge >= 0.3 is 0 Å². The summed E-state index contributed by atoms with van der Waals surface area (Å²) in [5.74, 6) is -0.0258. The number of nitrogens with two attached hydrogens (primary N) is 1. The van der Waals surface area contributed by atoms with Crippen molar-refractivity contribution in [3.8, 4) is 5.69 Å². The molecule has 70 valence electrons. The highest BCUT2D eigenvalue weighted by molar-refractivity contribution is 5.92. The summed E-state index contributed by atoms with van der Waals surface area (Å²) in [6.45, 7) is 0. The Labute approximate surface area is 80.7 Å². The van der Waals surface area contributed by atoms with Crippen molar-refractivity contribution in [2.45, 2.75) is 0 Å². The van der Waals surface area contributed by atoms with Crippen molar-refractivity contribution >= 4 is 5.84 Å². The molecule has 2 heterocycles. The van der Waals surface area contributed by atoms with Gasteiger partial charge < -0.3 is 10.3 Å². The molecule has 0 saturated carbocycles. The summed E-state index contributed by atoms with van der Waals surface area (Å²) in [6, 6.07) is 3.54. The summed E-state index contributed by atoms with van der Waals surface area (Å²) in [4.78, 5) is 7.96. The lowest BCUT2D eigenvalue weighted by Crippen LogP contribution is -2.12. The van der Waals surface area contributed by atoms with Crippen LogP contribution in [0.1, 0.15) is 5.69 Å². The van der Waals surface area contributed by atoms with Crippen molar-refractivity contribution in [3.05, 3.63) is 42.7 Å². The maximum absolute atomic E-state index is 7.18. The van der Waals surface area contributed by atoms with Gasteiger partial charge in [0.25, 0.3) is 0 Å². The smallest absolute Gasteiger partial charge is 0.141 e. The molecule has 5 nitrogen and oxygen atoms in total. The van der Waals surface area contributed by atoms with Crippen molar-refractivity contribution in [1.82, 2.24) is 14.5 Å². The van der Waals surface area contributed by atoms with Gasteiger partial charge in [-0.3, -0.25) is 10.4 Å². The van der Waals surface area contributed by atoms with Crippen LogP contribution in [0.3, 0.4) is 0 Å². The highest BCUT2D eigenvalue weighted by Gasteiger charge is 1.99. The number of amidine groups is 1. The third-order valence-corrected chi connectivity index (χ3v) is 1.83. The molecule has 0 fully saturated rings. The van der Waals surface area contributed by atoms with Crippen LogP contribution < -0.4 is 5.73 Å². The zero-order chi connectivity index (χ0) is 9.97. The summed E-state index contributed by atoms with van der Waals surface area (Å²) >= 11 is 0. The Morgan fingerprint density at radius 2 is 2.29 bits per heavy atom. The fourth-order valence-corrected chi connectivity index (χ4v) is 1.11. The molecular weight excluding hydrogens is 178 g/mol. The number of aromatic nitrogens is 3. The molecule has 2 aromatic heterocycles. The molecule has 0 spiro atoms. The number of hydrogen-bond donors (Lipinski definition) is 2. The van der Waals surface area contributed by atoms with Gasteiger partial charge in [0.2, 0.25) is 0 Å². The lowest BCUT2D eigenvalue weighted by atomic mass is 10.3. The molecule has 0 atom stereocenters. The van der Waals surface area contributed by atoms with Gasteiger partial charge in [0.05, 0.1) is 18.2 Å². The predicted octanol–water partition coefficient (Wildman–Crippen LogP) is 0.551. The van der Waals surface area contributed by atoms with E-state index in [1.807, 2.05) is 16.8 Å². The third-order valence-electron chi connectivity index (χ3n) is 1.83. The molecule has 0 saturated heterocycles. The van der Waals surface area contributed by atoms with Crippen LogP contribution in [0, 0.1) is 5.41 Å². The van der Waals surface area contributed by atoms with Crippen molar-refractivity contribution in [3.63, 3.8) is 0 Å². The normalized spacial score (nSPS) is 10.0. The van der Waals surface area contributed by atoms with Gasteiger partial charge in [-0.1, -0.05) is 0 Å². The number of nitrogens with zero attached hydrogens (tertiary/aromatic N) is 3. The van der Waals surface area contributed by atoms with Crippen LogP contribution in [0.25, 0.3) is 5.69 Å². The molecular formula is C9H9N5. The molecule has 0 aromatic carbocycles. The van der Waals surface area contributed by atoms with E-state index in [1.165, 1.54) is 0 Å². The van der Waals surface area contributed by atoms with Gasteiger partial charge in [0.15, 0.2) is 0 Å². The monoisotopic (exact) mass is 187 g/mol. The first-order valence-electron chi connectivity index (χ1n) is 4.06. The number of nitrogen functional groups attached to an aromatic ring is 1. The van der Waals surface area contributed by atoms with Gasteiger partial charge in [0, 0.05) is 12.4 Å². The standard InChI is InChI=1S/C9H9N5/c10-9(11)8-2-1-7(5-13-8)14-4-3-12-6-14/h1-6H,(H3,10,11). The van der Waals surface area contributed by atoms with Crippen LogP contribution in [0.5, 0.6) is 0 Å². The van der Waals surface area contributed by atoms with Crippen LogP contribution in [-0.4, -0.2) is 20.4 Å². The number of hydrogen-bond acceptors (Lipinski definition) is 3. The Bertz CT molecular complexity index is 429. The maximum atomic E-state index is 7.18. The highest BCUT2D eigenvalue weighted by Crippen LogP contribution is 2.05. The van der Waals surface area contributed by atoms with E-state index in [9.17, 15) is 0 Å². The quantitative estimate of drug-likeness (QED) is 0.532. The zero-order valence-corrected chi connectivity index (χ0v) is 7.38. The number of nitrogens with one attached hydrogen (secondary N) is 1. The van der Waals surface area contributed by atoms with Crippen molar-refractivity contribution in [2.24, 2.45) is 5.73 Å². The molecule has 3 N–H and O–H groups in total. The van der Waals surface area contributed by atoms with E-state index in [1.54, 1.807) is 24.8 Å². The predicted molar refractivity (Wildman–Crippen MR) is 52.4 cm³/mol. The first-order valence-corrected chi connectivity index (χ1v) is 4.06. The first-order chi connectivity index (χ1) is 6.77. The lowest BCUT2D eigenvalue weighted by Gasteiger charge is -2.01. The summed E-state index contributed by atoms with van der Waals surface area (Å²) in [5.41, 5.74) is 6.66. The summed E-state index contributed by atoms with van der Waals surface area (Å²) in [6.07, 6.45) is 6.85. The molecule has 2 aromatic rings. The van der Waals surface area contributed by atoms with Crippen molar-refractivity contribution in [1.29, 1.82) is 5.41 Å². The van der Waals surface area contributed by atoms with E-state index in [4.69, 9.17) is 11.1 Å². The first kappa shape index (κ1) is 8.43. The second-order valence-corrected chi connectivity index (χ2v) is 2.79. The Morgan fingerprint density at radius 1 is 1.43 bits per heavy atom. The van der Waals surface area contributed by atoms with E-state index in [-0.39, 0.29) is 5.84 Å². The molecule has 0 amide bonds. The third kappa shape index (κ3) is 1.47. The molecule has 0 bridgehead atoms. The fraction of sp³-hybridized carbons (Fsp3) is 0. The minimum Gasteiger partial charge on any atom is -0.382 e. The highest BCUT2D eigenvalue weighted by atomic mass is 15.0. The minimum absolute atomic E-state index is 0.0258. The topological polar surface area (TPSA) is 80.6 Å². The Kier molecular flexibility index (Phi) is 1.98. The SMILES string of the molecule is N=C(N)c1ccc(-n2ccnc2)cn1. The maximum Gasteiger partial charge on any atom is 0.141 e. The van der Waals surface area contributed by atoms with Crippen molar-refractivity contribution in [2.75, 3.05) is 0 Å². The van der Waals surface area contributed by atoms with E-state index >= 15 is 0 Å². The number of pyridine rings is 1. The second kappa shape index (κ2) is 3.29. The zero-order valence-electron chi connectivity index (χ0n) is 7.38. The molecule has 0 unspecified atom stereocenters. The van der Waals surface area contributed by atoms with Crippen LogP contribution in [0.4, 0.5) is 0 Å². The summed E-state index contributed by atoms with van der Waals surface area (Å²) < 4.78 is 1.83. The van der Waals surface area contributed by atoms with E-state index in [0.29, 0.717) is 5.69 Å². The van der Waals surface area contributed by atoms with Crippen LogP contribution in [0.2, 0.25) is 0 Å². The average Bonchev–Trinajstić information content (AvgIpc) is 2.71. The van der Waals surface area contributed by atoms with Gasteiger partial charge in [-0.25, -0.2) is 4.98 Å². The average molecular weight is 187 g/mol. The molecule has 2 rings (SSSR count). The van der Waals surface area contributed by atoms with E-state index in [0.717, 1.165) is 5.69 Å². The van der Waals surface area contributed by atoms with Crippen LogP contribution in [0.15, 0.2) is 37.1 Å². The Balaban J connectivity index is 2.36. The molecule has 0 aliphatic heterocycles. The molecule has 0 radical (unpaired) electrons. The number of rotatable bonds is 2. The van der Waals surface area contributed by atoms with Crippen LogP contribution in [-0.2, 0) is 0 Å². The molecule has 0 aliphatic rings. The number of imidazole rings is 1. The summed E-state index contributed by atoms with van der Waals surface area (Å²) in [7, 11) is 0. The van der Waals surface area contributed by atoms with Gasteiger partial charge in [-0.15, -0.1) is 0 Å². The molecule has 0 aliphatic carbocycles. The largest absolute Gasteiger partial charge is 0.382 e. The Hall–Kier alpha value is -2.17. The molecule has 5 heteroatoms. The van der Waals surface area contributed by atoms with E-state index in [2.05, 4.69) is 9.97 Å². The fourth-order valence-electron chi connectivity index (χ4n) is 1.11. The van der Waals surface area contributed by atoms with Crippen LogP contribution >= 0.6 is 0 Å².